The quantitative estimate of drug-likeness (QED) is 0.874. The Balaban J connectivity index is 2.33. The molecule has 104 valence electrons. The van der Waals surface area contributed by atoms with Gasteiger partial charge in [0.15, 0.2) is 9.84 Å². The number of hydrogen-bond donors (Lipinski definition) is 1. The zero-order valence-corrected chi connectivity index (χ0v) is 11.7. The van der Waals surface area contributed by atoms with E-state index in [2.05, 4.69) is 9.97 Å². The van der Waals surface area contributed by atoms with E-state index >= 15 is 0 Å². The van der Waals surface area contributed by atoms with Crippen LogP contribution in [0.15, 0.2) is 0 Å². The third-order valence-corrected chi connectivity index (χ3v) is 5.13. The predicted molar refractivity (Wildman–Crippen MR) is 68.9 cm³/mol. The number of hydrogen-bond acceptors (Lipinski definition) is 5. The van der Waals surface area contributed by atoms with Gasteiger partial charge in [-0.15, -0.1) is 0 Å². The number of carbonyl (C=O) groups is 1. The Hall–Kier alpha value is -1.50. The lowest BCUT2D eigenvalue weighted by Gasteiger charge is -2.12. The molecule has 1 aliphatic heterocycles. The summed E-state index contributed by atoms with van der Waals surface area (Å²) in [4.78, 5) is 19.4. The van der Waals surface area contributed by atoms with Crippen LogP contribution in [0.25, 0.3) is 0 Å². The summed E-state index contributed by atoms with van der Waals surface area (Å²) in [5, 5.41) is 8.83. The summed E-state index contributed by atoms with van der Waals surface area (Å²) in [5.74, 6) is -0.308. The van der Waals surface area contributed by atoms with Crippen molar-refractivity contribution in [3.63, 3.8) is 0 Å². The molecule has 0 amide bonds. The molecule has 1 aromatic heterocycles. The Morgan fingerprint density at radius 1 is 1.32 bits per heavy atom. The molecule has 0 bridgehead atoms. The van der Waals surface area contributed by atoms with Gasteiger partial charge in [0.2, 0.25) is 0 Å². The number of rotatable bonds is 3. The molecule has 6 nitrogen and oxygen atoms in total. The van der Waals surface area contributed by atoms with Crippen molar-refractivity contribution in [1.82, 2.24) is 9.97 Å². The second kappa shape index (κ2) is 4.88. The average molecular weight is 284 g/mol. The predicted octanol–water partition coefficient (Wildman–Crippen LogP) is 0.623. The first kappa shape index (κ1) is 13.9. The van der Waals surface area contributed by atoms with Crippen LogP contribution in [0.4, 0.5) is 0 Å². The molecule has 1 atom stereocenters. The summed E-state index contributed by atoms with van der Waals surface area (Å²) < 4.78 is 22.9. The van der Waals surface area contributed by atoms with Gasteiger partial charge >= 0.3 is 5.97 Å². The minimum Gasteiger partial charge on any atom is -0.481 e. The van der Waals surface area contributed by atoms with Crippen molar-refractivity contribution in [2.45, 2.75) is 32.6 Å². The molecule has 0 saturated carbocycles. The van der Waals surface area contributed by atoms with E-state index in [0.717, 1.165) is 0 Å². The summed E-state index contributed by atoms with van der Waals surface area (Å²) in [6.07, 6.45) is 0.431. The average Bonchev–Trinajstić information content (AvgIpc) is 2.63. The van der Waals surface area contributed by atoms with Gasteiger partial charge in [0.1, 0.15) is 5.82 Å². The molecule has 2 rings (SSSR count). The molecule has 0 aromatic carbocycles. The van der Waals surface area contributed by atoms with Gasteiger partial charge in [0.05, 0.1) is 17.9 Å². The zero-order chi connectivity index (χ0) is 14.2. The molecule has 1 N–H and O–H groups in total. The van der Waals surface area contributed by atoms with Gasteiger partial charge in [-0.1, -0.05) is 0 Å². The van der Waals surface area contributed by atoms with Crippen LogP contribution in [0, 0.1) is 13.8 Å². The van der Waals surface area contributed by atoms with E-state index in [9.17, 15) is 13.2 Å². The van der Waals surface area contributed by atoms with Crippen LogP contribution in [0.3, 0.4) is 0 Å². The van der Waals surface area contributed by atoms with E-state index in [1.807, 2.05) is 0 Å². The number of carboxylic acids is 1. The molecule has 0 spiro atoms. The fourth-order valence-electron chi connectivity index (χ4n) is 2.35. The monoisotopic (exact) mass is 284 g/mol. The smallest absolute Gasteiger partial charge is 0.307 e. The van der Waals surface area contributed by atoms with Crippen LogP contribution in [-0.4, -0.2) is 41.0 Å². The largest absolute Gasteiger partial charge is 0.481 e. The summed E-state index contributed by atoms with van der Waals surface area (Å²) in [7, 11) is -2.97. The van der Waals surface area contributed by atoms with Gasteiger partial charge in [-0.2, -0.15) is 0 Å². The molecular formula is C12H16N2O4S. The minimum atomic E-state index is -2.97. The maximum atomic E-state index is 11.5. The number of nitrogens with zero attached hydrogens (tertiary/aromatic N) is 2. The fraction of sp³-hybridized carbons (Fsp3) is 0.583. The molecule has 1 unspecified atom stereocenters. The summed E-state index contributed by atoms with van der Waals surface area (Å²) in [6.45, 7) is 3.47. The number of carboxylic acid groups (broad SMARTS) is 1. The van der Waals surface area contributed by atoms with Crippen LogP contribution in [0.2, 0.25) is 0 Å². The number of sulfone groups is 1. The van der Waals surface area contributed by atoms with Crippen LogP contribution in [0.1, 0.15) is 35.1 Å². The first-order valence-corrected chi connectivity index (χ1v) is 7.87. The van der Waals surface area contributed by atoms with Crippen molar-refractivity contribution in [3.05, 3.63) is 22.8 Å². The Labute approximate surface area is 111 Å². The summed E-state index contributed by atoms with van der Waals surface area (Å²) >= 11 is 0. The van der Waals surface area contributed by atoms with Gasteiger partial charge in [0, 0.05) is 22.9 Å². The van der Waals surface area contributed by atoms with Crippen molar-refractivity contribution in [2.24, 2.45) is 0 Å². The standard InChI is InChI=1S/C12H16N2O4S/c1-7-10(5-11(15)16)8(2)14-12(13-7)9-3-4-19(17,18)6-9/h9H,3-6H2,1-2H3,(H,15,16). The lowest BCUT2D eigenvalue weighted by molar-refractivity contribution is -0.136. The molecule has 7 heteroatoms. The van der Waals surface area contributed by atoms with E-state index in [1.165, 1.54) is 0 Å². The number of aryl methyl sites for hydroxylation is 2. The maximum Gasteiger partial charge on any atom is 0.307 e. The summed E-state index contributed by atoms with van der Waals surface area (Å²) in [5.41, 5.74) is 1.85. The number of aromatic nitrogens is 2. The second-order valence-corrected chi connectivity index (χ2v) is 7.13. The van der Waals surface area contributed by atoms with Gasteiger partial charge < -0.3 is 5.11 Å². The molecule has 1 aromatic rings. The highest BCUT2D eigenvalue weighted by Crippen LogP contribution is 2.27. The number of aliphatic carboxylic acids is 1. The molecule has 1 fully saturated rings. The van der Waals surface area contributed by atoms with Gasteiger partial charge in [-0.3, -0.25) is 4.79 Å². The van der Waals surface area contributed by atoms with Crippen LogP contribution >= 0.6 is 0 Å². The Morgan fingerprint density at radius 2 is 1.89 bits per heavy atom. The topological polar surface area (TPSA) is 97.2 Å². The van der Waals surface area contributed by atoms with E-state index < -0.39 is 15.8 Å². The Kier molecular flexibility index (Phi) is 3.58. The third kappa shape index (κ3) is 3.09. The van der Waals surface area contributed by atoms with E-state index in [-0.39, 0.29) is 23.8 Å². The van der Waals surface area contributed by atoms with E-state index in [4.69, 9.17) is 5.11 Å². The van der Waals surface area contributed by atoms with Crippen LogP contribution in [-0.2, 0) is 21.1 Å². The van der Waals surface area contributed by atoms with Gasteiger partial charge in [-0.05, 0) is 20.3 Å². The molecule has 2 heterocycles. The highest BCUT2D eigenvalue weighted by molar-refractivity contribution is 7.91. The van der Waals surface area contributed by atoms with Crippen molar-refractivity contribution in [1.29, 1.82) is 0 Å². The first-order chi connectivity index (χ1) is 8.78. The zero-order valence-electron chi connectivity index (χ0n) is 10.9. The second-order valence-electron chi connectivity index (χ2n) is 4.90. The molecule has 1 aliphatic rings. The highest BCUT2D eigenvalue weighted by Gasteiger charge is 2.31. The summed E-state index contributed by atoms with van der Waals surface area (Å²) in [6, 6.07) is 0. The molecular weight excluding hydrogens is 268 g/mol. The Morgan fingerprint density at radius 3 is 2.32 bits per heavy atom. The molecule has 1 saturated heterocycles. The normalized spacial score (nSPS) is 21.5. The lowest BCUT2D eigenvalue weighted by atomic mass is 10.1. The van der Waals surface area contributed by atoms with Crippen molar-refractivity contribution in [3.8, 4) is 0 Å². The minimum absolute atomic E-state index is 0.0875. The third-order valence-electron chi connectivity index (χ3n) is 3.36. The van der Waals surface area contributed by atoms with Crippen molar-refractivity contribution < 1.29 is 18.3 Å². The lowest BCUT2D eigenvalue weighted by Crippen LogP contribution is -2.13. The molecule has 0 radical (unpaired) electrons. The fourth-order valence-corrected chi connectivity index (χ4v) is 4.09. The molecule has 0 aliphatic carbocycles. The van der Waals surface area contributed by atoms with Crippen LogP contribution in [0.5, 0.6) is 0 Å². The van der Waals surface area contributed by atoms with Crippen molar-refractivity contribution >= 4 is 15.8 Å². The van der Waals surface area contributed by atoms with Crippen molar-refractivity contribution in [2.75, 3.05) is 11.5 Å². The first-order valence-electron chi connectivity index (χ1n) is 6.05. The van der Waals surface area contributed by atoms with Crippen LogP contribution < -0.4 is 0 Å². The van der Waals surface area contributed by atoms with E-state index in [1.54, 1.807) is 13.8 Å². The highest BCUT2D eigenvalue weighted by atomic mass is 32.2. The van der Waals surface area contributed by atoms with Gasteiger partial charge in [0.25, 0.3) is 0 Å². The SMILES string of the molecule is Cc1nc(C2CCS(=O)(=O)C2)nc(C)c1CC(=O)O. The Bertz CT molecular complexity index is 602. The molecule has 19 heavy (non-hydrogen) atoms. The van der Waals surface area contributed by atoms with Gasteiger partial charge in [-0.25, -0.2) is 18.4 Å². The maximum absolute atomic E-state index is 11.5. The van der Waals surface area contributed by atoms with E-state index in [0.29, 0.717) is 29.2 Å².